The van der Waals surface area contributed by atoms with Gasteiger partial charge in [0, 0.05) is 4.90 Å². The Labute approximate surface area is 125 Å². The zero-order valence-electron chi connectivity index (χ0n) is 11.2. The highest BCUT2D eigenvalue weighted by atomic mass is 32.2. The first-order valence-electron chi connectivity index (χ1n) is 6.15. The van der Waals surface area contributed by atoms with E-state index in [-0.39, 0.29) is 0 Å². The molecular weight excluding hydrogens is 286 g/mol. The third kappa shape index (κ3) is 2.66. The fourth-order valence-electron chi connectivity index (χ4n) is 1.97. The van der Waals surface area contributed by atoms with Crippen molar-refractivity contribution in [2.75, 3.05) is 12.9 Å². The minimum Gasteiger partial charge on any atom is -0.496 e. The number of nitrogens with one attached hydrogen (secondary N) is 1. The maximum Gasteiger partial charge on any atom is 0.161 e. The highest BCUT2D eigenvalue weighted by Gasteiger charge is 2.12. The van der Waals surface area contributed by atoms with Crippen LogP contribution < -0.4 is 4.74 Å². The minimum atomic E-state index is 0.400. The molecule has 0 saturated carbocycles. The van der Waals surface area contributed by atoms with Crippen molar-refractivity contribution < 1.29 is 4.74 Å². The number of nitriles is 1. The van der Waals surface area contributed by atoms with Crippen LogP contribution in [0.4, 0.5) is 0 Å². The molecule has 0 unspecified atom stereocenters. The molecular formula is C14H11N5OS. The molecule has 0 aliphatic rings. The Morgan fingerprint density at radius 2 is 2.33 bits per heavy atom. The summed E-state index contributed by atoms with van der Waals surface area (Å²) in [4.78, 5) is 16.7. The Bertz CT molecular complexity index is 791. The monoisotopic (exact) mass is 297 g/mol. The number of aromatic amines is 1. The number of hydrogen-bond donors (Lipinski definition) is 1. The normalized spacial score (nSPS) is 10.5. The van der Waals surface area contributed by atoms with Gasteiger partial charge >= 0.3 is 0 Å². The van der Waals surface area contributed by atoms with Crippen LogP contribution in [0.1, 0.15) is 0 Å². The standard InChI is InChI=1S/C14H11N5OS/c1-20-12-3-2-9(21-5-4-15)6-10(12)13-18-11-7-16-8-17-14(11)19-13/h2-3,6-8H,5H2,1H3,(H,16,17,18,19). The van der Waals surface area contributed by atoms with E-state index in [9.17, 15) is 0 Å². The van der Waals surface area contributed by atoms with Gasteiger partial charge in [0.2, 0.25) is 0 Å². The van der Waals surface area contributed by atoms with Gasteiger partial charge in [-0.15, -0.1) is 11.8 Å². The van der Waals surface area contributed by atoms with Crippen LogP contribution in [-0.2, 0) is 0 Å². The summed E-state index contributed by atoms with van der Waals surface area (Å²) < 4.78 is 5.38. The summed E-state index contributed by atoms with van der Waals surface area (Å²) in [5, 5.41) is 8.68. The van der Waals surface area contributed by atoms with Gasteiger partial charge in [0.05, 0.1) is 30.7 Å². The summed E-state index contributed by atoms with van der Waals surface area (Å²) in [5.74, 6) is 1.78. The van der Waals surface area contributed by atoms with Crippen molar-refractivity contribution in [1.29, 1.82) is 5.26 Å². The van der Waals surface area contributed by atoms with Crippen LogP contribution in [0.2, 0.25) is 0 Å². The largest absolute Gasteiger partial charge is 0.496 e. The van der Waals surface area contributed by atoms with Crippen LogP contribution >= 0.6 is 11.8 Å². The highest BCUT2D eigenvalue weighted by molar-refractivity contribution is 7.99. The van der Waals surface area contributed by atoms with Crippen molar-refractivity contribution in [2.45, 2.75) is 4.90 Å². The molecule has 2 heterocycles. The second-order valence-electron chi connectivity index (χ2n) is 4.15. The van der Waals surface area contributed by atoms with Crippen molar-refractivity contribution in [2.24, 2.45) is 0 Å². The molecule has 0 aliphatic heterocycles. The third-order valence-electron chi connectivity index (χ3n) is 2.89. The van der Waals surface area contributed by atoms with Crippen molar-refractivity contribution in [3.8, 4) is 23.2 Å². The second kappa shape index (κ2) is 5.81. The van der Waals surface area contributed by atoms with Crippen LogP contribution in [0, 0.1) is 11.3 Å². The Morgan fingerprint density at radius 3 is 3.10 bits per heavy atom. The number of thioether (sulfide) groups is 1. The molecule has 0 radical (unpaired) electrons. The predicted molar refractivity (Wildman–Crippen MR) is 80.0 cm³/mol. The lowest BCUT2D eigenvalue weighted by Crippen LogP contribution is -1.90. The Kier molecular flexibility index (Phi) is 3.71. The first kappa shape index (κ1) is 13.4. The molecule has 0 atom stereocenters. The SMILES string of the molecule is COc1ccc(SCC#N)cc1-c1nc2cncnc2[nH]1. The molecule has 0 saturated heterocycles. The molecule has 7 heteroatoms. The number of hydrogen-bond acceptors (Lipinski definition) is 6. The molecule has 0 bridgehead atoms. The van der Waals surface area contributed by atoms with Gasteiger partial charge in [0.1, 0.15) is 23.4 Å². The number of imidazole rings is 1. The Morgan fingerprint density at radius 1 is 1.43 bits per heavy atom. The smallest absolute Gasteiger partial charge is 0.161 e. The third-order valence-corrected chi connectivity index (χ3v) is 3.75. The van der Waals surface area contributed by atoms with E-state index in [1.165, 1.54) is 18.1 Å². The van der Waals surface area contributed by atoms with E-state index >= 15 is 0 Å². The van der Waals surface area contributed by atoms with Crippen molar-refractivity contribution >= 4 is 22.9 Å². The average molecular weight is 297 g/mol. The summed E-state index contributed by atoms with van der Waals surface area (Å²) in [6.07, 6.45) is 3.13. The number of nitrogens with zero attached hydrogens (tertiary/aromatic N) is 4. The molecule has 0 spiro atoms. The average Bonchev–Trinajstić information content (AvgIpc) is 2.96. The maximum absolute atomic E-state index is 8.68. The number of ether oxygens (including phenoxy) is 1. The molecule has 0 amide bonds. The fraction of sp³-hybridized carbons (Fsp3) is 0.143. The Balaban J connectivity index is 2.08. The fourth-order valence-corrected chi connectivity index (χ4v) is 2.56. The zero-order chi connectivity index (χ0) is 14.7. The lowest BCUT2D eigenvalue weighted by Gasteiger charge is -2.07. The molecule has 6 nitrogen and oxygen atoms in total. The summed E-state index contributed by atoms with van der Waals surface area (Å²) >= 11 is 1.47. The topological polar surface area (TPSA) is 87.5 Å². The number of rotatable bonds is 4. The number of aromatic nitrogens is 4. The van der Waals surface area contributed by atoms with E-state index in [4.69, 9.17) is 10.00 Å². The van der Waals surface area contributed by atoms with Crippen molar-refractivity contribution in [1.82, 2.24) is 19.9 Å². The van der Waals surface area contributed by atoms with E-state index in [0.29, 0.717) is 28.5 Å². The Hall–Kier alpha value is -2.59. The first-order chi connectivity index (χ1) is 10.3. The molecule has 1 N–H and O–H groups in total. The van der Waals surface area contributed by atoms with E-state index in [2.05, 4.69) is 26.0 Å². The number of fused-ring (bicyclic) bond motifs is 1. The minimum absolute atomic E-state index is 0.400. The van der Waals surface area contributed by atoms with E-state index < -0.39 is 0 Å². The van der Waals surface area contributed by atoms with Gasteiger partial charge in [0.15, 0.2) is 5.65 Å². The van der Waals surface area contributed by atoms with Gasteiger partial charge in [-0.25, -0.2) is 15.0 Å². The zero-order valence-corrected chi connectivity index (χ0v) is 12.0. The van der Waals surface area contributed by atoms with E-state index in [0.717, 1.165) is 10.5 Å². The quantitative estimate of drug-likeness (QED) is 0.745. The number of benzene rings is 1. The molecule has 104 valence electrons. The maximum atomic E-state index is 8.68. The lowest BCUT2D eigenvalue weighted by molar-refractivity contribution is 0.416. The lowest BCUT2D eigenvalue weighted by atomic mass is 10.2. The molecule has 3 rings (SSSR count). The van der Waals surface area contributed by atoms with Gasteiger partial charge in [-0.1, -0.05) is 0 Å². The second-order valence-corrected chi connectivity index (χ2v) is 5.20. The molecule has 3 aromatic rings. The van der Waals surface area contributed by atoms with E-state index in [1.54, 1.807) is 13.3 Å². The summed E-state index contributed by atoms with van der Waals surface area (Å²) in [6.45, 7) is 0. The molecule has 21 heavy (non-hydrogen) atoms. The van der Waals surface area contributed by atoms with Gasteiger partial charge in [0.25, 0.3) is 0 Å². The summed E-state index contributed by atoms with van der Waals surface area (Å²) in [6, 6.07) is 7.86. The van der Waals surface area contributed by atoms with Gasteiger partial charge in [-0.2, -0.15) is 5.26 Å². The van der Waals surface area contributed by atoms with Crippen molar-refractivity contribution in [3.63, 3.8) is 0 Å². The van der Waals surface area contributed by atoms with Crippen LogP contribution in [0.3, 0.4) is 0 Å². The first-order valence-corrected chi connectivity index (χ1v) is 7.14. The van der Waals surface area contributed by atoms with Crippen molar-refractivity contribution in [3.05, 3.63) is 30.7 Å². The summed E-state index contributed by atoms with van der Waals surface area (Å²) in [5.41, 5.74) is 2.21. The van der Waals surface area contributed by atoms with Gasteiger partial charge in [-0.05, 0) is 18.2 Å². The highest BCUT2D eigenvalue weighted by Crippen LogP contribution is 2.33. The van der Waals surface area contributed by atoms with Crippen LogP contribution in [0.25, 0.3) is 22.6 Å². The number of methoxy groups -OCH3 is 1. The van der Waals surface area contributed by atoms with Crippen LogP contribution in [0.5, 0.6) is 5.75 Å². The van der Waals surface area contributed by atoms with Crippen LogP contribution in [-0.4, -0.2) is 32.8 Å². The van der Waals surface area contributed by atoms with Crippen LogP contribution in [0.15, 0.2) is 35.6 Å². The van der Waals surface area contributed by atoms with Gasteiger partial charge in [-0.3, -0.25) is 0 Å². The summed E-state index contributed by atoms with van der Waals surface area (Å²) in [7, 11) is 1.61. The number of H-pyrrole nitrogens is 1. The van der Waals surface area contributed by atoms with E-state index in [1.807, 2.05) is 18.2 Å². The molecule has 0 aliphatic carbocycles. The molecule has 2 aromatic heterocycles. The molecule has 0 fully saturated rings. The van der Waals surface area contributed by atoms with Gasteiger partial charge < -0.3 is 9.72 Å². The predicted octanol–water partition coefficient (Wildman–Crippen LogP) is 2.64. The molecule has 1 aromatic carbocycles.